The predicted octanol–water partition coefficient (Wildman–Crippen LogP) is 4.25. The van der Waals surface area contributed by atoms with E-state index in [1.165, 1.54) is 12.4 Å². The van der Waals surface area contributed by atoms with Gasteiger partial charge in [-0.05, 0) is 59.4 Å². The number of primary amides is 1. The number of aromatic nitrogens is 2. The Hall–Kier alpha value is -7.04. The van der Waals surface area contributed by atoms with Crippen LogP contribution in [-0.4, -0.2) is 168 Å². The van der Waals surface area contributed by atoms with E-state index in [-0.39, 0.29) is 69.2 Å². The minimum absolute atomic E-state index is 0.0120. The number of alkyl halides is 3. The van der Waals surface area contributed by atoms with Gasteiger partial charge in [-0.15, -0.1) is 11.8 Å². The van der Waals surface area contributed by atoms with Gasteiger partial charge in [0.15, 0.2) is 0 Å². The molecule has 0 aliphatic heterocycles. The van der Waals surface area contributed by atoms with Crippen molar-refractivity contribution in [3.05, 3.63) is 114 Å². The predicted molar refractivity (Wildman–Crippen MR) is 288 cm³/mol. The highest BCUT2D eigenvalue weighted by molar-refractivity contribution is 8.00. The molecule has 81 heavy (non-hydrogen) atoms. The van der Waals surface area contributed by atoms with Gasteiger partial charge in [0.25, 0.3) is 0 Å². The molecule has 0 spiro atoms. The maximum atomic E-state index is 15.4. The largest absolute Gasteiger partial charge is 0.490 e. The number of pyridine rings is 1. The van der Waals surface area contributed by atoms with Gasteiger partial charge in [-0.25, -0.2) is 18.4 Å². The summed E-state index contributed by atoms with van der Waals surface area (Å²) in [6.45, 7) is 9.00. The Labute approximate surface area is 470 Å². The standard InChI is InChI=1S/C52H70F2N8O11S.C2HF3O2/c1-52(2,3)49(44-29-38(40-30-39(53)10-11-41(40)54)33-61(44)32-37-8-5-4-6-9-37)62(19-7-16-58-50(67)42(31-45(56)63)59-47(65)28-36-12-17-57-18-13-36)48(66)35-74-34-43(51(68)69)60-46(64)14-20-70-22-24-72-26-27-73-25-23-71-21-15-55;3-2(4,5)1(6)7/h4-6,8-13,17-18,29-30,33,42-43,49H,7,14-16,19-28,31-32,34-35,55H2,1-3H3,(H2,56,63)(H,58,67)(H,59,65)(H,60,64)(H,68,69);(H,6,7). The number of benzene rings is 2. The zero-order valence-electron chi connectivity index (χ0n) is 45.2. The Kier molecular flexibility index (Phi) is 30.0. The first-order valence-electron chi connectivity index (χ1n) is 25.5. The summed E-state index contributed by atoms with van der Waals surface area (Å²) < 4.78 is 85.2. The second-order valence-electron chi connectivity index (χ2n) is 19.0. The molecule has 3 atom stereocenters. The van der Waals surface area contributed by atoms with E-state index in [0.717, 1.165) is 35.5 Å². The molecule has 2 aromatic carbocycles. The minimum Gasteiger partial charge on any atom is -0.480 e. The summed E-state index contributed by atoms with van der Waals surface area (Å²) in [7, 11) is 0. The molecule has 0 saturated heterocycles. The van der Waals surface area contributed by atoms with E-state index in [1.807, 2.05) is 55.7 Å². The Morgan fingerprint density at radius 3 is 1.94 bits per heavy atom. The minimum atomic E-state index is -5.08. The van der Waals surface area contributed by atoms with Crippen molar-refractivity contribution in [3.63, 3.8) is 0 Å². The van der Waals surface area contributed by atoms with E-state index in [0.29, 0.717) is 62.9 Å². The van der Waals surface area contributed by atoms with Gasteiger partial charge in [0, 0.05) is 73.8 Å². The fraction of sp³-hybridized carbons (Fsp3) is 0.481. The quantitative estimate of drug-likeness (QED) is 0.0250. The first kappa shape index (κ1) is 68.2. The van der Waals surface area contributed by atoms with Gasteiger partial charge in [0.1, 0.15) is 23.7 Å². The second-order valence-corrected chi connectivity index (χ2v) is 20.0. The third-order valence-electron chi connectivity index (χ3n) is 11.4. The lowest BCUT2D eigenvalue weighted by molar-refractivity contribution is -0.192. The van der Waals surface area contributed by atoms with Crippen molar-refractivity contribution in [2.75, 3.05) is 84.0 Å². The van der Waals surface area contributed by atoms with E-state index in [1.54, 1.807) is 29.3 Å². The highest BCUT2D eigenvalue weighted by Crippen LogP contribution is 2.41. The van der Waals surface area contributed by atoms with Gasteiger partial charge in [-0.1, -0.05) is 51.1 Å². The zero-order chi connectivity index (χ0) is 60.0. The molecule has 9 N–H and O–H groups in total. The normalized spacial score (nSPS) is 12.5. The van der Waals surface area contributed by atoms with Crippen LogP contribution in [0, 0.1) is 17.0 Å². The van der Waals surface area contributed by atoms with Crippen LogP contribution < -0.4 is 27.4 Å². The summed E-state index contributed by atoms with van der Waals surface area (Å²) in [6, 6.07) is 14.2. The maximum absolute atomic E-state index is 15.4. The summed E-state index contributed by atoms with van der Waals surface area (Å²) >= 11 is 0.999. The molecule has 27 heteroatoms. The Morgan fingerprint density at radius 2 is 1.37 bits per heavy atom. The molecular formula is C54H71F5N8O13S. The molecule has 4 rings (SSSR count). The number of thioether (sulfide) groups is 1. The van der Waals surface area contributed by atoms with Crippen molar-refractivity contribution in [3.8, 4) is 11.1 Å². The number of rotatable bonds is 35. The smallest absolute Gasteiger partial charge is 0.480 e. The number of hydrogen-bond donors (Lipinski definition) is 7. The van der Waals surface area contributed by atoms with Gasteiger partial charge in [-0.2, -0.15) is 13.2 Å². The van der Waals surface area contributed by atoms with Crippen LogP contribution in [0.25, 0.3) is 11.1 Å². The summed E-state index contributed by atoms with van der Waals surface area (Å²) in [6.07, 6.45) is -0.846. The first-order chi connectivity index (χ1) is 38.4. The van der Waals surface area contributed by atoms with Crippen molar-refractivity contribution in [2.45, 2.75) is 77.3 Å². The topological polar surface area (TPSA) is 306 Å². The second kappa shape index (κ2) is 35.6. The molecule has 4 aromatic rings. The number of ether oxygens (including phenoxy) is 4. The molecule has 0 saturated carbocycles. The van der Waals surface area contributed by atoms with Gasteiger partial charge in [0.05, 0.1) is 77.5 Å². The van der Waals surface area contributed by atoms with Gasteiger partial charge < -0.3 is 66.0 Å². The lowest BCUT2D eigenvalue weighted by atomic mass is 9.83. The number of amides is 5. The highest BCUT2D eigenvalue weighted by atomic mass is 32.2. The van der Waals surface area contributed by atoms with Crippen LogP contribution in [0.2, 0.25) is 0 Å². The van der Waals surface area contributed by atoms with E-state index in [9.17, 15) is 51.4 Å². The summed E-state index contributed by atoms with van der Waals surface area (Å²) in [5, 5.41) is 25.0. The number of nitrogens with zero attached hydrogens (tertiary/aromatic N) is 3. The number of nitrogens with two attached hydrogens (primary N) is 2. The number of carbonyl (C=O) groups is 7. The Bertz CT molecular complexity index is 2610. The number of carbonyl (C=O) groups excluding carboxylic acids is 5. The highest BCUT2D eigenvalue weighted by Gasteiger charge is 2.39. The van der Waals surface area contributed by atoms with Crippen LogP contribution >= 0.6 is 11.8 Å². The van der Waals surface area contributed by atoms with Gasteiger partial charge in [0.2, 0.25) is 29.5 Å². The number of halogens is 5. The summed E-state index contributed by atoms with van der Waals surface area (Å²) in [4.78, 5) is 92.7. The Morgan fingerprint density at radius 1 is 0.778 bits per heavy atom. The summed E-state index contributed by atoms with van der Waals surface area (Å²) in [5.74, 6) is -8.76. The SMILES string of the molecule is CC(C)(C)C(c1cc(-c2cc(F)ccc2F)cn1Cc1ccccc1)N(CCCNC(=O)C(CC(N)=O)NC(=O)Cc1ccncc1)C(=O)CSCC(NC(=O)CCOCCOCCOCCOCCN)C(=O)O.O=C(O)C(F)(F)F. The van der Waals surface area contributed by atoms with Crippen molar-refractivity contribution in [2.24, 2.45) is 16.9 Å². The van der Waals surface area contributed by atoms with Crippen LogP contribution in [0.3, 0.4) is 0 Å². The van der Waals surface area contributed by atoms with E-state index in [2.05, 4.69) is 20.9 Å². The summed E-state index contributed by atoms with van der Waals surface area (Å²) in [5.41, 5.74) is 12.6. The van der Waals surface area contributed by atoms with Crippen LogP contribution in [-0.2, 0) is 65.5 Å². The number of carboxylic acid groups (broad SMARTS) is 2. The molecular weight excluding hydrogens is 1100 g/mol. The molecule has 0 aliphatic carbocycles. The van der Waals surface area contributed by atoms with Crippen LogP contribution in [0.15, 0.2) is 85.3 Å². The average Bonchev–Trinajstić information content (AvgIpc) is 3.93. The number of aliphatic carboxylic acids is 2. The van der Waals surface area contributed by atoms with Crippen LogP contribution in [0.4, 0.5) is 22.0 Å². The Balaban J connectivity index is 0.00000230. The lowest BCUT2D eigenvalue weighted by Crippen LogP contribution is -2.49. The molecule has 2 aromatic heterocycles. The molecule has 2 heterocycles. The van der Waals surface area contributed by atoms with E-state index in [4.69, 9.17) is 40.3 Å². The molecule has 0 bridgehead atoms. The molecule has 3 unspecified atom stereocenters. The number of nitrogens with one attached hydrogen (secondary N) is 3. The van der Waals surface area contributed by atoms with Crippen molar-refractivity contribution >= 4 is 53.2 Å². The molecule has 0 aliphatic rings. The van der Waals surface area contributed by atoms with Gasteiger partial charge >= 0.3 is 18.1 Å². The molecule has 0 fully saturated rings. The fourth-order valence-corrected chi connectivity index (χ4v) is 8.65. The molecule has 0 radical (unpaired) electrons. The monoisotopic (exact) mass is 1170 g/mol. The van der Waals surface area contributed by atoms with Crippen molar-refractivity contribution in [1.82, 2.24) is 30.4 Å². The maximum Gasteiger partial charge on any atom is 0.490 e. The van der Waals surface area contributed by atoms with Crippen LogP contribution in [0.1, 0.15) is 62.9 Å². The van der Waals surface area contributed by atoms with E-state index >= 15 is 4.39 Å². The number of carboxylic acids is 2. The molecule has 21 nitrogen and oxygen atoms in total. The first-order valence-corrected chi connectivity index (χ1v) is 26.7. The molecule has 446 valence electrons. The third kappa shape index (κ3) is 26.4. The zero-order valence-corrected chi connectivity index (χ0v) is 46.0. The lowest BCUT2D eigenvalue weighted by Gasteiger charge is -2.41. The number of hydrogen-bond acceptors (Lipinski definition) is 14. The van der Waals surface area contributed by atoms with Crippen molar-refractivity contribution < 1.29 is 84.7 Å². The van der Waals surface area contributed by atoms with E-state index < -0.39 is 89.2 Å². The molecule has 5 amide bonds. The fourth-order valence-electron chi connectivity index (χ4n) is 7.73. The average molecular weight is 1170 g/mol. The van der Waals surface area contributed by atoms with Crippen LogP contribution in [0.5, 0.6) is 0 Å². The third-order valence-corrected chi connectivity index (χ3v) is 12.4. The van der Waals surface area contributed by atoms with Gasteiger partial charge in [-0.3, -0.25) is 29.0 Å². The van der Waals surface area contributed by atoms with Crippen molar-refractivity contribution in [1.29, 1.82) is 0 Å².